The van der Waals surface area contributed by atoms with Crippen LogP contribution in [0, 0.1) is 6.92 Å². The summed E-state index contributed by atoms with van der Waals surface area (Å²) in [5.41, 5.74) is 7.56. The van der Waals surface area contributed by atoms with Crippen LogP contribution in [0.3, 0.4) is 0 Å². The molecule has 0 aliphatic rings. The predicted molar refractivity (Wildman–Crippen MR) is 128 cm³/mol. The van der Waals surface area contributed by atoms with Crippen molar-refractivity contribution in [3.63, 3.8) is 0 Å². The molecule has 0 spiro atoms. The second-order valence-corrected chi connectivity index (χ2v) is 8.35. The fourth-order valence-corrected chi connectivity index (χ4v) is 3.90. The van der Waals surface area contributed by atoms with Crippen molar-refractivity contribution in [1.29, 1.82) is 0 Å². The van der Waals surface area contributed by atoms with E-state index in [1.54, 1.807) is 0 Å². The Hall–Kier alpha value is -3.33. The van der Waals surface area contributed by atoms with Gasteiger partial charge in [0.15, 0.2) is 0 Å². The van der Waals surface area contributed by atoms with Crippen molar-refractivity contribution in [1.82, 2.24) is 9.55 Å². The Morgan fingerprint density at radius 1 is 1.00 bits per heavy atom. The number of imidazole rings is 1. The van der Waals surface area contributed by atoms with Gasteiger partial charge < -0.3 is 9.88 Å². The van der Waals surface area contributed by atoms with Crippen LogP contribution in [0.1, 0.15) is 43.9 Å². The summed E-state index contributed by atoms with van der Waals surface area (Å²) in [6, 6.07) is 25.5. The van der Waals surface area contributed by atoms with Crippen molar-refractivity contribution in [2.24, 2.45) is 0 Å². The number of rotatable bonds is 6. The molecule has 3 aromatic carbocycles. The van der Waals surface area contributed by atoms with Crippen LogP contribution in [0.4, 0.5) is 11.6 Å². The zero-order valence-electron chi connectivity index (χ0n) is 18.2. The molecule has 4 aromatic rings. The molecule has 0 saturated heterocycles. The second-order valence-electron chi connectivity index (χ2n) is 8.35. The Morgan fingerprint density at radius 2 is 1.70 bits per heavy atom. The molecule has 0 amide bonds. The number of anilines is 2. The van der Waals surface area contributed by atoms with E-state index in [9.17, 15) is 0 Å². The van der Waals surface area contributed by atoms with Crippen LogP contribution >= 0.6 is 0 Å². The Morgan fingerprint density at radius 3 is 2.37 bits per heavy atom. The summed E-state index contributed by atoms with van der Waals surface area (Å²) in [5.74, 6) is 0.835. The van der Waals surface area contributed by atoms with Gasteiger partial charge in [0.25, 0.3) is 0 Å². The van der Waals surface area contributed by atoms with Crippen LogP contribution in [0.25, 0.3) is 16.6 Å². The van der Waals surface area contributed by atoms with E-state index in [4.69, 9.17) is 4.98 Å². The van der Waals surface area contributed by atoms with Crippen LogP contribution in [-0.2, 0) is 5.54 Å². The van der Waals surface area contributed by atoms with Crippen molar-refractivity contribution in [2.75, 3.05) is 5.32 Å². The Labute approximate surface area is 179 Å². The average molecular weight is 396 g/mol. The first-order valence-corrected chi connectivity index (χ1v) is 10.5. The lowest BCUT2D eigenvalue weighted by Gasteiger charge is -2.30. The van der Waals surface area contributed by atoms with Crippen molar-refractivity contribution >= 4 is 28.2 Å². The molecule has 3 heteroatoms. The van der Waals surface area contributed by atoms with Gasteiger partial charge in [-0.3, -0.25) is 0 Å². The largest absolute Gasteiger partial charge is 0.326 e. The number of aryl methyl sites for hydroxylation is 1. The highest BCUT2D eigenvalue weighted by atomic mass is 15.2. The topological polar surface area (TPSA) is 29.9 Å². The van der Waals surface area contributed by atoms with E-state index in [0.717, 1.165) is 40.2 Å². The number of allylic oxidation sites excluding steroid dienone is 1. The SMILES string of the molecule is C=C(CC)c1ccc2c(c1)nc(Nc1ccc(C)cc1)n2C(C)(C)c1ccccc1. The van der Waals surface area contributed by atoms with Gasteiger partial charge in [-0.2, -0.15) is 0 Å². The molecule has 30 heavy (non-hydrogen) atoms. The maximum atomic E-state index is 5.01. The summed E-state index contributed by atoms with van der Waals surface area (Å²) < 4.78 is 2.30. The fraction of sp³-hybridized carbons (Fsp3) is 0.222. The van der Waals surface area contributed by atoms with Gasteiger partial charge in [0, 0.05) is 5.69 Å². The molecular formula is C27H29N3. The number of nitrogens with zero attached hydrogens (tertiary/aromatic N) is 2. The van der Waals surface area contributed by atoms with E-state index < -0.39 is 0 Å². The number of aromatic nitrogens is 2. The van der Waals surface area contributed by atoms with E-state index in [-0.39, 0.29) is 5.54 Å². The highest BCUT2D eigenvalue weighted by molar-refractivity contribution is 5.84. The molecule has 0 unspecified atom stereocenters. The quantitative estimate of drug-likeness (QED) is 0.371. The van der Waals surface area contributed by atoms with Crippen LogP contribution in [0.15, 0.2) is 79.4 Å². The summed E-state index contributed by atoms with van der Waals surface area (Å²) in [5, 5.41) is 3.56. The first-order chi connectivity index (χ1) is 14.4. The van der Waals surface area contributed by atoms with E-state index >= 15 is 0 Å². The van der Waals surface area contributed by atoms with Crippen molar-refractivity contribution in [2.45, 2.75) is 39.7 Å². The summed E-state index contributed by atoms with van der Waals surface area (Å²) in [4.78, 5) is 5.01. The van der Waals surface area contributed by atoms with E-state index in [2.05, 4.69) is 117 Å². The number of fused-ring (bicyclic) bond motifs is 1. The monoisotopic (exact) mass is 395 g/mol. The highest BCUT2D eigenvalue weighted by Crippen LogP contribution is 2.35. The van der Waals surface area contributed by atoms with Gasteiger partial charge in [-0.15, -0.1) is 0 Å². The zero-order valence-corrected chi connectivity index (χ0v) is 18.2. The standard InChI is InChI=1S/C27H29N3/c1-6-20(3)21-14-17-25-24(18-21)29-26(28-23-15-12-19(2)13-16-23)30(25)27(4,5)22-10-8-7-9-11-22/h7-18H,3,6H2,1-2,4-5H3,(H,28,29). The first kappa shape index (κ1) is 20.0. The van der Waals surface area contributed by atoms with Gasteiger partial charge in [-0.25, -0.2) is 4.98 Å². The third kappa shape index (κ3) is 3.63. The molecule has 1 N–H and O–H groups in total. The average Bonchev–Trinajstić information content (AvgIpc) is 3.13. The second kappa shape index (κ2) is 7.83. The lowest BCUT2D eigenvalue weighted by Crippen LogP contribution is -2.28. The summed E-state index contributed by atoms with van der Waals surface area (Å²) >= 11 is 0. The van der Waals surface area contributed by atoms with Crippen LogP contribution in [0.2, 0.25) is 0 Å². The Bertz CT molecular complexity index is 1180. The third-order valence-corrected chi connectivity index (χ3v) is 5.84. The van der Waals surface area contributed by atoms with Crippen LogP contribution < -0.4 is 5.32 Å². The lowest BCUT2D eigenvalue weighted by atomic mass is 9.93. The molecule has 1 heterocycles. The molecule has 0 radical (unpaired) electrons. The van der Waals surface area contributed by atoms with Crippen molar-refractivity contribution in [3.05, 3.63) is 96.1 Å². The van der Waals surface area contributed by atoms with Gasteiger partial charge in [0.1, 0.15) is 0 Å². The minimum atomic E-state index is -0.285. The molecule has 1 aromatic heterocycles. The van der Waals surface area contributed by atoms with E-state index in [1.165, 1.54) is 11.1 Å². The normalized spacial score (nSPS) is 11.6. The molecule has 152 valence electrons. The van der Waals surface area contributed by atoms with Crippen molar-refractivity contribution < 1.29 is 0 Å². The third-order valence-electron chi connectivity index (χ3n) is 5.84. The molecule has 0 aliphatic heterocycles. The first-order valence-electron chi connectivity index (χ1n) is 10.5. The molecular weight excluding hydrogens is 366 g/mol. The summed E-state index contributed by atoms with van der Waals surface area (Å²) in [6.45, 7) is 12.9. The smallest absolute Gasteiger partial charge is 0.209 e. The lowest BCUT2D eigenvalue weighted by molar-refractivity contribution is 0.454. The molecule has 4 rings (SSSR count). The molecule has 0 saturated carbocycles. The number of benzene rings is 3. The molecule has 0 atom stereocenters. The van der Waals surface area contributed by atoms with E-state index in [1.807, 2.05) is 0 Å². The van der Waals surface area contributed by atoms with Crippen LogP contribution in [-0.4, -0.2) is 9.55 Å². The number of nitrogens with one attached hydrogen (secondary N) is 1. The van der Waals surface area contributed by atoms with Gasteiger partial charge in [0.2, 0.25) is 5.95 Å². The maximum Gasteiger partial charge on any atom is 0.209 e. The molecule has 0 aliphatic carbocycles. The number of hydrogen-bond acceptors (Lipinski definition) is 2. The minimum absolute atomic E-state index is 0.285. The minimum Gasteiger partial charge on any atom is -0.326 e. The highest BCUT2D eigenvalue weighted by Gasteiger charge is 2.28. The van der Waals surface area contributed by atoms with E-state index in [0.29, 0.717) is 0 Å². The fourth-order valence-electron chi connectivity index (χ4n) is 3.90. The van der Waals surface area contributed by atoms with Gasteiger partial charge in [-0.05, 0) is 68.2 Å². The summed E-state index contributed by atoms with van der Waals surface area (Å²) in [6.07, 6.45) is 0.927. The van der Waals surface area contributed by atoms with Crippen molar-refractivity contribution in [3.8, 4) is 0 Å². The molecule has 3 nitrogen and oxygen atoms in total. The zero-order chi connectivity index (χ0) is 21.3. The maximum absolute atomic E-state index is 5.01. The Balaban J connectivity index is 1.90. The summed E-state index contributed by atoms with van der Waals surface area (Å²) in [7, 11) is 0. The predicted octanol–water partition coefficient (Wildman–Crippen LogP) is 7.29. The van der Waals surface area contributed by atoms with Gasteiger partial charge in [-0.1, -0.05) is 67.6 Å². The molecule has 0 fully saturated rings. The molecule has 0 bridgehead atoms. The Kier molecular flexibility index (Phi) is 5.21. The van der Waals surface area contributed by atoms with Gasteiger partial charge in [0.05, 0.1) is 16.6 Å². The number of hydrogen-bond donors (Lipinski definition) is 1. The van der Waals surface area contributed by atoms with Crippen LogP contribution in [0.5, 0.6) is 0 Å². The van der Waals surface area contributed by atoms with Gasteiger partial charge >= 0.3 is 0 Å².